The Morgan fingerprint density at radius 2 is 2.27 bits per heavy atom. The molecular formula is C17H33N3O2. The molecule has 1 amide bonds. The van der Waals surface area contributed by atoms with Crippen LogP contribution in [-0.4, -0.2) is 62.3 Å². The Hall–Kier alpha value is -0.650. The first-order chi connectivity index (χ1) is 10.7. The largest absolute Gasteiger partial charge is 0.382 e. The number of hydrogen-bond acceptors (Lipinski definition) is 4. The lowest BCUT2D eigenvalue weighted by atomic mass is 9.93. The molecule has 128 valence electrons. The van der Waals surface area contributed by atoms with Crippen LogP contribution in [0.25, 0.3) is 0 Å². The summed E-state index contributed by atoms with van der Waals surface area (Å²) in [6, 6.07) is 0.742. The van der Waals surface area contributed by atoms with Crippen molar-refractivity contribution >= 4 is 5.91 Å². The number of hydrogen-bond donors (Lipinski definition) is 2. The predicted molar refractivity (Wildman–Crippen MR) is 88.9 cm³/mol. The Kier molecular flexibility index (Phi) is 7.63. The van der Waals surface area contributed by atoms with Crippen molar-refractivity contribution in [2.45, 2.75) is 58.0 Å². The summed E-state index contributed by atoms with van der Waals surface area (Å²) in [5.74, 6) is 0.752. The van der Waals surface area contributed by atoms with E-state index >= 15 is 0 Å². The van der Waals surface area contributed by atoms with Gasteiger partial charge < -0.3 is 20.3 Å². The van der Waals surface area contributed by atoms with Crippen molar-refractivity contribution in [1.82, 2.24) is 15.5 Å². The van der Waals surface area contributed by atoms with Gasteiger partial charge >= 0.3 is 0 Å². The third kappa shape index (κ3) is 5.86. The summed E-state index contributed by atoms with van der Waals surface area (Å²) in [6.45, 7) is 10.3. The van der Waals surface area contributed by atoms with Crippen molar-refractivity contribution in [3.05, 3.63) is 0 Å². The van der Waals surface area contributed by atoms with Gasteiger partial charge in [0.25, 0.3) is 0 Å². The van der Waals surface area contributed by atoms with Crippen molar-refractivity contribution in [1.29, 1.82) is 0 Å². The van der Waals surface area contributed by atoms with E-state index in [1.807, 2.05) is 6.92 Å². The van der Waals surface area contributed by atoms with E-state index in [0.717, 1.165) is 58.7 Å². The molecule has 0 saturated carbocycles. The second-order valence-electron chi connectivity index (χ2n) is 6.79. The first-order valence-corrected chi connectivity index (χ1v) is 9.02. The number of rotatable bonds is 8. The summed E-state index contributed by atoms with van der Waals surface area (Å²) < 4.78 is 5.40. The monoisotopic (exact) mass is 311 g/mol. The number of piperidine rings is 1. The summed E-state index contributed by atoms with van der Waals surface area (Å²) >= 11 is 0. The summed E-state index contributed by atoms with van der Waals surface area (Å²) in [6.07, 6.45) is 5.15. The fourth-order valence-corrected chi connectivity index (χ4v) is 3.60. The van der Waals surface area contributed by atoms with Gasteiger partial charge in [-0.15, -0.1) is 0 Å². The van der Waals surface area contributed by atoms with Crippen LogP contribution in [0.4, 0.5) is 0 Å². The molecule has 2 aliphatic rings. The van der Waals surface area contributed by atoms with Crippen molar-refractivity contribution in [3.63, 3.8) is 0 Å². The SMILES string of the molecule is CCOCCCN1CCC(NC(=O)CC2CCCN2)C(C)C1. The third-order valence-electron chi connectivity index (χ3n) is 4.90. The van der Waals surface area contributed by atoms with E-state index in [0.29, 0.717) is 24.4 Å². The molecule has 2 rings (SSSR count). The van der Waals surface area contributed by atoms with Gasteiger partial charge in [-0.25, -0.2) is 0 Å². The van der Waals surface area contributed by atoms with E-state index < -0.39 is 0 Å². The molecule has 2 heterocycles. The molecule has 0 aromatic heterocycles. The maximum absolute atomic E-state index is 12.2. The maximum atomic E-state index is 12.2. The average molecular weight is 311 g/mol. The Bertz CT molecular complexity index is 332. The van der Waals surface area contributed by atoms with Gasteiger partial charge in [-0.3, -0.25) is 4.79 Å². The fourth-order valence-electron chi connectivity index (χ4n) is 3.60. The van der Waals surface area contributed by atoms with Crippen LogP contribution in [0, 0.1) is 5.92 Å². The lowest BCUT2D eigenvalue weighted by Gasteiger charge is -2.37. The van der Waals surface area contributed by atoms with Gasteiger partial charge in [-0.05, 0) is 45.1 Å². The fraction of sp³-hybridized carbons (Fsp3) is 0.941. The highest BCUT2D eigenvalue weighted by Crippen LogP contribution is 2.18. The highest BCUT2D eigenvalue weighted by molar-refractivity contribution is 5.77. The molecule has 2 fully saturated rings. The molecule has 3 unspecified atom stereocenters. The molecule has 2 N–H and O–H groups in total. The molecule has 0 radical (unpaired) electrons. The van der Waals surface area contributed by atoms with Gasteiger partial charge in [0.15, 0.2) is 0 Å². The zero-order valence-electron chi connectivity index (χ0n) is 14.3. The molecule has 0 aromatic carbocycles. The molecule has 0 bridgehead atoms. The molecule has 2 saturated heterocycles. The number of nitrogens with zero attached hydrogens (tertiary/aromatic N) is 1. The highest BCUT2D eigenvalue weighted by atomic mass is 16.5. The van der Waals surface area contributed by atoms with Gasteiger partial charge in [0, 0.05) is 51.4 Å². The second-order valence-corrected chi connectivity index (χ2v) is 6.79. The quantitative estimate of drug-likeness (QED) is 0.665. The van der Waals surface area contributed by atoms with E-state index in [1.54, 1.807) is 0 Å². The smallest absolute Gasteiger partial charge is 0.221 e. The first kappa shape index (κ1) is 17.7. The predicted octanol–water partition coefficient (Wildman–Crippen LogP) is 1.38. The van der Waals surface area contributed by atoms with Crippen molar-refractivity contribution < 1.29 is 9.53 Å². The zero-order chi connectivity index (χ0) is 15.8. The van der Waals surface area contributed by atoms with E-state index in [2.05, 4.69) is 22.5 Å². The Balaban J connectivity index is 1.63. The minimum Gasteiger partial charge on any atom is -0.382 e. The normalized spacial score (nSPS) is 29.6. The van der Waals surface area contributed by atoms with E-state index in [1.165, 1.54) is 6.42 Å². The first-order valence-electron chi connectivity index (χ1n) is 9.02. The summed E-state index contributed by atoms with van der Waals surface area (Å²) in [7, 11) is 0. The van der Waals surface area contributed by atoms with E-state index in [9.17, 15) is 4.79 Å². The molecule has 5 nitrogen and oxygen atoms in total. The molecule has 2 aliphatic heterocycles. The number of nitrogens with one attached hydrogen (secondary N) is 2. The summed E-state index contributed by atoms with van der Waals surface area (Å²) in [5, 5.41) is 6.66. The maximum Gasteiger partial charge on any atom is 0.221 e. The number of amides is 1. The minimum absolute atomic E-state index is 0.223. The van der Waals surface area contributed by atoms with Gasteiger partial charge in [0.2, 0.25) is 5.91 Å². The van der Waals surface area contributed by atoms with E-state index in [4.69, 9.17) is 4.74 Å². The topological polar surface area (TPSA) is 53.6 Å². The summed E-state index contributed by atoms with van der Waals surface area (Å²) in [5.41, 5.74) is 0. The van der Waals surface area contributed by atoms with E-state index in [-0.39, 0.29) is 5.91 Å². The Morgan fingerprint density at radius 3 is 2.95 bits per heavy atom. The van der Waals surface area contributed by atoms with Gasteiger partial charge in [0.05, 0.1) is 0 Å². The average Bonchev–Trinajstić information content (AvgIpc) is 2.99. The van der Waals surface area contributed by atoms with Gasteiger partial charge in [0.1, 0.15) is 0 Å². The van der Waals surface area contributed by atoms with Crippen LogP contribution in [0.5, 0.6) is 0 Å². The zero-order valence-corrected chi connectivity index (χ0v) is 14.3. The van der Waals surface area contributed by atoms with Crippen molar-refractivity contribution in [3.8, 4) is 0 Å². The number of carbonyl (C=O) groups excluding carboxylic acids is 1. The van der Waals surface area contributed by atoms with Gasteiger partial charge in [-0.1, -0.05) is 6.92 Å². The lowest BCUT2D eigenvalue weighted by Crippen LogP contribution is -2.50. The van der Waals surface area contributed by atoms with Crippen LogP contribution >= 0.6 is 0 Å². The van der Waals surface area contributed by atoms with Crippen molar-refractivity contribution in [2.24, 2.45) is 5.92 Å². The number of carbonyl (C=O) groups is 1. The highest BCUT2D eigenvalue weighted by Gasteiger charge is 2.27. The molecule has 0 aromatic rings. The second kappa shape index (κ2) is 9.48. The van der Waals surface area contributed by atoms with Crippen LogP contribution in [0.15, 0.2) is 0 Å². The molecule has 0 aliphatic carbocycles. The standard InChI is InChI=1S/C17H33N3O2/c1-3-22-11-5-9-20-10-7-16(14(2)13-20)19-17(21)12-15-6-4-8-18-15/h14-16,18H,3-13H2,1-2H3,(H,19,21). The number of ether oxygens (including phenoxy) is 1. The third-order valence-corrected chi connectivity index (χ3v) is 4.90. The lowest BCUT2D eigenvalue weighted by molar-refractivity contribution is -0.123. The van der Waals surface area contributed by atoms with Crippen molar-refractivity contribution in [2.75, 3.05) is 39.4 Å². The molecule has 5 heteroatoms. The molecule has 22 heavy (non-hydrogen) atoms. The molecular weight excluding hydrogens is 278 g/mol. The van der Waals surface area contributed by atoms with Gasteiger partial charge in [-0.2, -0.15) is 0 Å². The van der Waals surface area contributed by atoms with Crippen LogP contribution in [-0.2, 0) is 9.53 Å². The van der Waals surface area contributed by atoms with Crippen LogP contribution in [0.1, 0.15) is 46.0 Å². The molecule has 0 spiro atoms. The minimum atomic E-state index is 0.223. The van der Waals surface area contributed by atoms with Crippen LogP contribution < -0.4 is 10.6 Å². The summed E-state index contributed by atoms with van der Waals surface area (Å²) in [4.78, 5) is 14.7. The Morgan fingerprint density at radius 1 is 1.41 bits per heavy atom. The number of likely N-dealkylation sites (tertiary alicyclic amines) is 1. The van der Waals surface area contributed by atoms with Crippen LogP contribution in [0.3, 0.4) is 0 Å². The Labute approximate surface area is 135 Å². The van der Waals surface area contributed by atoms with Crippen LogP contribution in [0.2, 0.25) is 0 Å². The molecule has 3 atom stereocenters.